The lowest BCUT2D eigenvalue weighted by molar-refractivity contribution is 0.0658. The summed E-state index contributed by atoms with van der Waals surface area (Å²) in [7, 11) is 1.60. The van der Waals surface area contributed by atoms with Crippen LogP contribution >= 0.6 is 11.3 Å². The Hall–Kier alpha value is -3.04. The van der Waals surface area contributed by atoms with E-state index in [1.54, 1.807) is 18.2 Å². The maximum atomic E-state index is 13.1. The Kier molecular flexibility index (Phi) is 5.18. The van der Waals surface area contributed by atoms with Gasteiger partial charge in [0, 0.05) is 25.5 Å². The van der Waals surface area contributed by atoms with E-state index in [0.717, 1.165) is 16.2 Å². The van der Waals surface area contributed by atoms with Crippen molar-refractivity contribution in [1.82, 2.24) is 24.5 Å². The lowest BCUT2D eigenvalue weighted by Crippen LogP contribution is -2.33. The number of thiophene rings is 1. The first-order valence-corrected chi connectivity index (χ1v) is 9.63. The Morgan fingerprint density at radius 2 is 2.18 bits per heavy atom. The molecule has 0 aromatic carbocycles. The van der Waals surface area contributed by atoms with Crippen LogP contribution in [0.5, 0.6) is 0 Å². The maximum absolute atomic E-state index is 13.1. The minimum Gasteiger partial charge on any atom is -0.418 e. The van der Waals surface area contributed by atoms with Gasteiger partial charge in [-0.15, -0.1) is 21.5 Å². The van der Waals surface area contributed by atoms with E-state index >= 15 is 0 Å². The highest BCUT2D eigenvalue weighted by Crippen LogP contribution is 2.23. The van der Waals surface area contributed by atoms with Crippen molar-refractivity contribution in [1.29, 1.82) is 0 Å². The fraction of sp³-hybridized carbons (Fsp3) is 0.263. The zero-order chi connectivity index (χ0) is 19.5. The van der Waals surface area contributed by atoms with Gasteiger partial charge in [0.1, 0.15) is 11.3 Å². The van der Waals surface area contributed by atoms with Crippen molar-refractivity contribution in [3.63, 3.8) is 0 Å². The van der Waals surface area contributed by atoms with Crippen LogP contribution in [0.2, 0.25) is 0 Å². The van der Waals surface area contributed by atoms with E-state index in [-0.39, 0.29) is 12.5 Å². The van der Waals surface area contributed by atoms with Crippen molar-refractivity contribution < 1.29 is 13.9 Å². The lowest BCUT2D eigenvalue weighted by atomic mass is 10.3. The van der Waals surface area contributed by atoms with Crippen LogP contribution in [-0.4, -0.2) is 50.7 Å². The second-order valence-electron chi connectivity index (χ2n) is 6.22. The average Bonchev–Trinajstić information content (AvgIpc) is 3.44. The van der Waals surface area contributed by atoms with Crippen LogP contribution in [0, 0.1) is 6.92 Å². The third-order valence-electron chi connectivity index (χ3n) is 4.29. The molecule has 0 saturated carbocycles. The second kappa shape index (κ2) is 7.91. The molecule has 0 atom stereocenters. The minimum atomic E-state index is -0.212. The molecule has 9 heteroatoms. The minimum absolute atomic E-state index is 0.188. The summed E-state index contributed by atoms with van der Waals surface area (Å²) in [5.74, 6) is 0.608. The summed E-state index contributed by atoms with van der Waals surface area (Å²) in [4.78, 5) is 20.0. The van der Waals surface area contributed by atoms with E-state index in [1.165, 1.54) is 11.3 Å². The standard InChI is InChI=1S/C19H19N5O3S/c1-13-5-3-7-16-20-14(11-24(13)16)19(25)23(8-9-26-2)12-17-21-22-18(27-17)15-6-4-10-28-15/h3-7,10-11H,8-9,12H2,1-2H3. The van der Waals surface area contributed by atoms with Crippen molar-refractivity contribution in [2.24, 2.45) is 0 Å². The molecule has 0 unspecified atom stereocenters. The Labute approximate surface area is 165 Å². The number of nitrogens with zero attached hydrogens (tertiary/aromatic N) is 5. The van der Waals surface area contributed by atoms with Gasteiger partial charge < -0.3 is 18.5 Å². The zero-order valence-electron chi connectivity index (χ0n) is 15.5. The van der Waals surface area contributed by atoms with Gasteiger partial charge in [0.15, 0.2) is 0 Å². The Morgan fingerprint density at radius 3 is 2.93 bits per heavy atom. The van der Waals surface area contributed by atoms with Gasteiger partial charge in [-0.25, -0.2) is 4.98 Å². The third-order valence-corrected chi connectivity index (χ3v) is 5.15. The fourth-order valence-electron chi connectivity index (χ4n) is 2.85. The van der Waals surface area contributed by atoms with E-state index in [4.69, 9.17) is 9.15 Å². The van der Waals surface area contributed by atoms with Crippen molar-refractivity contribution >= 4 is 22.9 Å². The van der Waals surface area contributed by atoms with Crippen molar-refractivity contribution in [3.8, 4) is 10.8 Å². The molecule has 0 radical (unpaired) electrons. The number of imidazole rings is 1. The van der Waals surface area contributed by atoms with Gasteiger partial charge in [0.05, 0.1) is 18.0 Å². The predicted octanol–water partition coefficient (Wildman–Crippen LogP) is 3.04. The number of amides is 1. The number of carbonyl (C=O) groups is 1. The maximum Gasteiger partial charge on any atom is 0.274 e. The molecule has 0 saturated heterocycles. The molecule has 0 aliphatic carbocycles. The molecule has 28 heavy (non-hydrogen) atoms. The molecule has 0 spiro atoms. The summed E-state index contributed by atoms with van der Waals surface area (Å²) >= 11 is 1.52. The Bertz CT molecular complexity index is 1090. The molecule has 0 N–H and O–H groups in total. The van der Waals surface area contributed by atoms with E-state index in [2.05, 4.69) is 15.2 Å². The van der Waals surface area contributed by atoms with Gasteiger partial charge in [-0.05, 0) is 30.5 Å². The molecule has 144 valence electrons. The summed E-state index contributed by atoms with van der Waals surface area (Å²) in [6.45, 7) is 2.94. The van der Waals surface area contributed by atoms with Gasteiger partial charge in [0.2, 0.25) is 5.89 Å². The topological polar surface area (TPSA) is 85.8 Å². The third kappa shape index (κ3) is 3.67. The molecule has 8 nitrogen and oxygen atoms in total. The number of carbonyl (C=O) groups excluding carboxylic acids is 1. The van der Waals surface area contributed by atoms with E-state index in [0.29, 0.717) is 30.6 Å². The number of ether oxygens (including phenoxy) is 1. The normalized spacial score (nSPS) is 11.2. The molecule has 0 bridgehead atoms. The van der Waals surface area contributed by atoms with Gasteiger partial charge in [-0.2, -0.15) is 0 Å². The number of aromatic nitrogens is 4. The van der Waals surface area contributed by atoms with Crippen LogP contribution < -0.4 is 0 Å². The van der Waals surface area contributed by atoms with Gasteiger partial charge >= 0.3 is 0 Å². The molecule has 0 fully saturated rings. The Morgan fingerprint density at radius 1 is 1.29 bits per heavy atom. The average molecular weight is 397 g/mol. The summed E-state index contributed by atoms with van der Waals surface area (Å²) in [5, 5.41) is 10.1. The smallest absolute Gasteiger partial charge is 0.274 e. The van der Waals surface area contributed by atoms with Crippen molar-refractivity contribution in [3.05, 3.63) is 59.2 Å². The highest BCUT2D eigenvalue weighted by Gasteiger charge is 2.22. The molecule has 4 rings (SSSR count). The van der Waals surface area contributed by atoms with Crippen LogP contribution in [0.4, 0.5) is 0 Å². The van der Waals surface area contributed by atoms with E-state index < -0.39 is 0 Å². The van der Waals surface area contributed by atoms with Gasteiger partial charge in [-0.1, -0.05) is 12.1 Å². The van der Waals surface area contributed by atoms with Crippen LogP contribution in [-0.2, 0) is 11.3 Å². The molecule has 0 aliphatic rings. The Balaban J connectivity index is 1.58. The first-order chi connectivity index (χ1) is 13.7. The van der Waals surface area contributed by atoms with Crippen LogP contribution in [0.3, 0.4) is 0 Å². The van der Waals surface area contributed by atoms with Crippen LogP contribution in [0.1, 0.15) is 22.1 Å². The number of hydrogen-bond acceptors (Lipinski definition) is 7. The zero-order valence-corrected chi connectivity index (χ0v) is 16.3. The largest absolute Gasteiger partial charge is 0.418 e. The number of aryl methyl sites for hydroxylation is 1. The summed E-state index contributed by atoms with van der Waals surface area (Å²) in [6, 6.07) is 9.59. The highest BCUT2D eigenvalue weighted by atomic mass is 32.1. The van der Waals surface area contributed by atoms with Gasteiger partial charge in [0.25, 0.3) is 11.8 Å². The summed E-state index contributed by atoms with van der Waals surface area (Å²) < 4.78 is 12.8. The molecule has 4 aromatic heterocycles. The molecular weight excluding hydrogens is 378 g/mol. The highest BCUT2D eigenvalue weighted by molar-refractivity contribution is 7.13. The molecule has 1 amide bonds. The molecule has 0 aliphatic heterocycles. The van der Waals surface area contributed by atoms with Crippen molar-refractivity contribution in [2.45, 2.75) is 13.5 Å². The molecular formula is C19H19N5O3S. The number of rotatable bonds is 7. The number of fused-ring (bicyclic) bond motifs is 1. The van der Waals surface area contributed by atoms with E-state index in [1.807, 2.05) is 47.0 Å². The SMILES string of the molecule is COCCN(Cc1nnc(-c2cccs2)o1)C(=O)c1cn2c(C)cccc2n1. The predicted molar refractivity (Wildman–Crippen MR) is 104 cm³/mol. The van der Waals surface area contributed by atoms with Crippen LogP contribution in [0.25, 0.3) is 16.4 Å². The first kappa shape index (κ1) is 18.3. The number of methoxy groups -OCH3 is 1. The number of pyridine rings is 1. The van der Waals surface area contributed by atoms with Crippen molar-refractivity contribution in [2.75, 3.05) is 20.3 Å². The fourth-order valence-corrected chi connectivity index (χ4v) is 3.49. The van der Waals surface area contributed by atoms with E-state index in [9.17, 15) is 4.79 Å². The molecule has 4 heterocycles. The summed E-state index contributed by atoms with van der Waals surface area (Å²) in [5.41, 5.74) is 2.10. The number of hydrogen-bond donors (Lipinski definition) is 0. The van der Waals surface area contributed by atoms with Crippen LogP contribution in [0.15, 0.2) is 46.3 Å². The monoisotopic (exact) mass is 397 g/mol. The summed E-state index contributed by atoms with van der Waals surface area (Å²) in [6.07, 6.45) is 1.75. The second-order valence-corrected chi connectivity index (χ2v) is 7.17. The first-order valence-electron chi connectivity index (χ1n) is 8.75. The molecule has 4 aromatic rings. The quantitative estimate of drug-likeness (QED) is 0.476. The lowest BCUT2D eigenvalue weighted by Gasteiger charge is -2.19. The van der Waals surface area contributed by atoms with Gasteiger partial charge in [-0.3, -0.25) is 4.79 Å².